The number of nitrogens with one attached hydrogen (secondary N) is 1. The van der Waals surface area contributed by atoms with Gasteiger partial charge in [-0.05, 0) is 25.0 Å². The van der Waals surface area contributed by atoms with Crippen molar-refractivity contribution in [3.8, 4) is 5.75 Å². The minimum atomic E-state index is -3.21. The van der Waals surface area contributed by atoms with E-state index in [2.05, 4.69) is 10.1 Å². The van der Waals surface area contributed by atoms with Crippen molar-refractivity contribution in [1.29, 1.82) is 0 Å². The molecule has 1 aromatic carbocycles. The van der Waals surface area contributed by atoms with Crippen LogP contribution in [0.4, 0.5) is 13.2 Å². The second-order valence-corrected chi connectivity index (χ2v) is 5.85. The number of halogens is 3. The lowest BCUT2D eigenvalue weighted by Crippen LogP contribution is -2.44. The lowest BCUT2D eigenvalue weighted by Gasteiger charge is -2.33. The number of carbonyl (C=O) groups excluding carboxylic acids is 1. The Kier molecular flexibility index (Phi) is 5.69. The zero-order valence-electron chi connectivity index (χ0n) is 12.9. The van der Waals surface area contributed by atoms with Crippen LogP contribution in [0.3, 0.4) is 0 Å². The molecular formula is C16H18F3NO4. The minimum absolute atomic E-state index is 0.118. The van der Waals surface area contributed by atoms with Gasteiger partial charge >= 0.3 is 12.6 Å². The summed E-state index contributed by atoms with van der Waals surface area (Å²) in [5, 5.41) is 11.9. The fraction of sp³-hybridized carbons (Fsp3) is 0.500. The molecule has 0 saturated heterocycles. The summed E-state index contributed by atoms with van der Waals surface area (Å²) in [5.74, 6) is -3.19. The maximum atomic E-state index is 13.2. The van der Waals surface area contributed by atoms with E-state index in [9.17, 15) is 27.9 Å². The fourth-order valence-electron chi connectivity index (χ4n) is 2.92. The van der Waals surface area contributed by atoms with E-state index in [4.69, 9.17) is 0 Å². The van der Waals surface area contributed by atoms with Crippen molar-refractivity contribution in [3.63, 3.8) is 0 Å². The van der Waals surface area contributed by atoms with Gasteiger partial charge in [-0.3, -0.25) is 9.59 Å². The molecule has 8 heteroatoms. The number of alkyl halides is 2. The lowest BCUT2D eigenvalue weighted by molar-refractivity contribution is -0.150. The van der Waals surface area contributed by atoms with Crippen LogP contribution in [-0.4, -0.2) is 30.1 Å². The fourth-order valence-corrected chi connectivity index (χ4v) is 2.92. The Morgan fingerprint density at radius 1 is 1.25 bits per heavy atom. The van der Waals surface area contributed by atoms with Crippen molar-refractivity contribution in [2.24, 2.45) is 5.41 Å². The molecule has 0 bridgehead atoms. The SMILES string of the molecule is O=C(NCC1(C(=O)O)CCCCC1)c1ccc(F)cc1OC(F)F. The summed E-state index contributed by atoms with van der Waals surface area (Å²) in [6.07, 6.45) is 3.31. The third kappa shape index (κ3) is 4.18. The summed E-state index contributed by atoms with van der Waals surface area (Å²) in [4.78, 5) is 23.8. The first-order valence-electron chi connectivity index (χ1n) is 7.60. The van der Waals surface area contributed by atoms with Crippen molar-refractivity contribution in [2.45, 2.75) is 38.7 Å². The third-order valence-corrected chi connectivity index (χ3v) is 4.26. The molecule has 0 unspecified atom stereocenters. The van der Waals surface area contributed by atoms with Crippen LogP contribution in [0.25, 0.3) is 0 Å². The van der Waals surface area contributed by atoms with Crippen LogP contribution in [-0.2, 0) is 4.79 Å². The molecule has 1 saturated carbocycles. The normalized spacial score (nSPS) is 16.7. The maximum absolute atomic E-state index is 13.2. The van der Waals surface area contributed by atoms with Crippen molar-refractivity contribution in [1.82, 2.24) is 5.32 Å². The van der Waals surface area contributed by atoms with Crippen LogP contribution in [0.5, 0.6) is 5.75 Å². The first-order chi connectivity index (χ1) is 11.3. The predicted molar refractivity (Wildman–Crippen MR) is 78.5 cm³/mol. The minimum Gasteiger partial charge on any atom is -0.481 e. The van der Waals surface area contributed by atoms with Crippen LogP contribution < -0.4 is 10.1 Å². The van der Waals surface area contributed by atoms with E-state index in [1.165, 1.54) is 0 Å². The van der Waals surface area contributed by atoms with Crippen LogP contribution in [0.15, 0.2) is 18.2 Å². The topological polar surface area (TPSA) is 75.6 Å². The van der Waals surface area contributed by atoms with Gasteiger partial charge in [0.15, 0.2) is 0 Å². The molecule has 1 aliphatic rings. The quantitative estimate of drug-likeness (QED) is 0.830. The van der Waals surface area contributed by atoms with Crippen molar-refractivity contribution in [2.75, 3.05) is 6.54 Å². The second-order valence-electron chi connectivity index (χ2n) is 5.85. The van der Waals surface area contributed by atoms with Gasteiger partial charge < -0.3 is 15.2 Å². The van der Waals surface area contributed by atoms with Gasteiger partial charge in [0.1, 0.15) is 11.6 Å². The number of benzene rings is 1. The van der Waals surface area contributed by atoms with Gasteiger partial charge in [-0.2, -0.15) is 8.78 Å². The van der Waals surface area contributed by atoms with Crippen LogP contribution >= 0.6 is 0 Å². The van der Waals surface area contributed by atoms with Crippen molar-refractivity contribution < 1.29 is 32.6 Å². The molecule has 0 aliphatic heterocycles. The van der Waals surface area contributed by atoms with Crippen molar-refractivity contribution >= 4 is 11.9 Å². The van der Waals surface area contributed by atoms with Gasteiger partial charge in [-0.1, -0.05) is 19.3 Å². The second kappa shape index (κ2) is 7.55. The Labute approximate surface area is 136 Å². The molecule has 24 heavy (non-hydrogen) atoms. The molecule has 1 aliphatic carbocycles. The Morgan fingerprint density at radius 3 is 2.50 bits per heavy atom. The van der Waals surface area contributed by atoms with Crippen molar-refractivity contribution in [3.05, 3.63) is 29.6 Å². The molecule has 5 nitrogen and oxygen atoms in total. The summed E-state index contributed by atoms with van der Waals surface area (Å²) >= 11 is 0. The molecule has 1 aromatic rings. The summed E-state index contributed by atoms with van der Waals surface area (Å²) in [7, 11) is 0. The average Bonchev–Trinajstić information content (AvgIpc) is 2.53. The first-order valence-corrected chi connectivity index (χ1v) is 7.60. The highest BCUT2D eigenvalue weighted by molar-refractivity contribution is 5.97. The standard InChI is InChI=1S/C16H18F3NO4/c17-10-4-5-11(12(8-10)24-15(18)19)13(21)20-9-16(14(22)23)6-2-1-3-7-16/h4-5,8,15H,1-3,6-7,9H2,(H,20,21)(H,22,23). The summed E-state index contributed by atoms with van der Waals surface area (Å²) in [6, 6.07) is 2.66. The maximum Gasteiger partial charge on any atom is 0.387 e. The Hall–Kier alpha value is -2.25. The highest BCUT2D eigenvalue weighted by Crippen LogP contribution is 2.36. The van der Waals surface area contributed by atoms with Crippen LogP contribution in [0, 0.1) is 11.2 Å². The van der Waals surface area contributed by atoms with E-state index in [-0.39, 0.29) is 12.1 Å². The summed E-state index contributed by atoms with van der Waals surface area (Å²) < 4.78 is 42.1. The molecule has 2 rings (SSSR count). The van der Waals surface area contributed by atoms with Gasteiger partial charge in [0, 0.05) is 12.6 Å². The third-order valence-electron chi connectivity index (χ3n) is 4.26. The largest absolute Gasteiger partial charge is 0.481 e. The number of hydrogen-bond acceptors (Lipinski definition) is 3. The van der Waals surface area contributed by atoms with E-state index in [1.807, 2.05) is 0 Å². The molecule has 0 aromatic heterocycles. The molecule has 0 heterocycles. The van der Waals surface area contributed by atoms with Gasteiger partial charge in [0.05, 0.1) is 11.0 Å². The van der Waals surface area contributed by atoms with E-state index >= 15 is 0 Å². The number of amides is 1. The van der Waals surface area contributed by atoms with Gasteiger partial charge in [-0.15, -0.1) is 0 Å². The van der Waals surface area contributed by atoms with Gasteiger partial charge in [-0.25, -0.2) is 4.39 Å². The lowest BCUT2D eigenvalue weighted by atomic mass is 9.74. The number of rotatable bonds is 6. The molecular weight excluding hydrogens is 327 g/mol. The molecule has 1 amide bonds. The van der Waals surface area contributed by atoms with Crippen LogP contribution in [0.1, 0.15) is 42.5 Å². The molecule has 2 N–H and O–H groups in total. The molecule has 0 atom stereocenters. The first kappa shape index (κ1) is 18.1. The number of carboxylic acid groups (broad SMARTS) is 1. The summed E-state index contributed by atoms with van der Waals surface area (Å²) in [5.41, 5.74) is -1.33. The Bertz CT molecular complexity index is 615. The monoisotopic (exact) mass is 345 g/mol. The van der Waals surface area contributed by atoms with Gasteiger partial charge in [0.25, 0.3) is 5.91 Å². The zero-order valence-corrected chi connectivity index (χ0v) is 12.9. The molecule has 0 spiro atoms. The van der Waals surface area contributed by atoms with E-state index in [1.54, 1.807) is 0 Å². The Morgan fingerprint density at radius 2 is 1.92 bits per heavy atom. The smallest absolute Gasteiger partial charge is 0.387 e. The van der Waals surface area contributed by atoms with Crippen LogP contribution in [0.2, 0.25) is 0 Å². The molecule has 132 valence electrons. The zero-order chi connectivity index (χ0) is 17.7. The average molecular weight is 345 g/mol. The number of hydrogen-bond donors (Lipinski definition) is 2. The van der Waals surface area contributed by atoms with E-state index < -0.39 is 35.5 Å². The molecule has 0 radical (unpaired) electrons. The molecule has 1 fully saturated rings. The number of ether oxygens (including phenoxy) is 1. The highest BCUT2D eigenvalue weighted by Gasteiger charge is 2.40. The highest BCUT2D eigenvalue weighted by atomic mass is 19.3. The predicted octanol–water partition coefficient (Wildman–Crippen LogP) is 3.19. The van der Waals surface area contributed by atoms with E-state index in [0.717, 1.165) is 31.4 Å². The van der Waals surface area contributed by atoms with E-state index in [0.29, 0.717) is 18.9 Å². The number of aliphatic carboxylic acids is 1. The summed E-state index contributed by atoms with van der Waals surface area (Å²) in [6.45, 7) is -3.32. The number of carbonyl (C=O) groups is 2. The van der Waals surface area contributed by atoms with Gasteiger partial charge in [0.2, 0.25) is 0 Å². The Balaban J connectivity index is 2.13. The number of carboxylic acids is 1.